The van der Waals surface area contributed by atoms with E-state index in [1.807, 2.05) is 0 Å². The lowest BCUT2D eigenvalue weighted by Crippen LogP contribution is -2.33. The van der Waals surface area contributed by atoms with Crippen molar-refractivity contribution in [2.24, 2.45) is 0 Å². The maximum absolute atomic E-state index is 11.8. The summed E-state index contributed by atoms with van der Waals surface area (Å²) in [5.41, 5.74) is 0.912. The Morgan fingerprint density at radius 2 is 1.94 bits per heavy atom. The van der Waals surface area contributed by atoms with Crippen molar-refractivity contribution in [3.05, 3.63) is 29.8 Å². The number of amides is 1. The molecule has 0 spiro atoms. The van der Waals surface area contributed by atoms with Gasteiger partial charge in [-0.15, -0.1) is 0 Å². The van der Waals surface area contributed by atoms with Crippen LogP contribution in [0.5, 0.6) is 0 Å². The summed E-state index contributed by atoms with van der Waals surface area (Å²) in [5, 5.41) is 0. The molecule has 0 fully saturated rings. The van der Waals surface area contributed by atoms with Gasteiger partial charge in [-0.25, -0.2) is 4.79 Å². The number of benzene rings is 1. The molecule has 1 rings (SSSR count). The fourth-order valence-electron chi connectivity index (χ4n) is 1.43. The van der Waals surface area contributed by atoms with Crippen LogP contribution in [-0.4, -0.2) is 30.9 Å². The number of carbonyl (C=O) groups excluding carboxylic acids is 2. The van der Waals surface area contributed by atoms with Crippen molar-refractivity contribution in [3.63, 3.8) is 0 Å². The Morgan fingerprint density at radius 3 is 2.47 bits per heavy atom. The number of para-hydroxylation sites is 1. The highest BCUT2D eigenvalue weighted by Gasteiger charge is 2.21. The summed E-state index contributed by atoms with van der Waals surface area (Å²) in [6, 6.07) is 6.83. The van der Waals surface area contributed by atoms with Gasteiger partial charge < -0.3 is 9.64 Å². The van der Waals surface area contributed by atoms with Gasteiger partial charge in [0.2, 0.25) is 5.91 Å². The van der Waals surface area contributed by atoms with Crippen molar-refractivity contribution in [3.8, 4) is 0 Å². The number of hydrogen-bond donors (Lipinski definition) is 0. The molecular formula is C12H14BrNO3. The van der Waals surface area contributed by atoms with Crippen molar-refractivity contribution in [2.45, 2.75) is 11.8 Å². The van der Waals surface area contributed by atoms with Gasteiger partial charge >= 0.3 is 5.97 Å². The van der Waals surface area contributed by atoms with Gasteiger partial charge in [-0.1, -0.05) is 28.1 Å². The normalized spacial score (nSPS) is 11.8. The Bertz CT molecular complexity index is 432. The zero-order valence-corrected chi connectivity index (χ0v) is 11.5. The molecule has 0 aliphatic carbocycles. The second kappa shape index (κ2) is 5.82. The van der Waals surface area contributed by atoms with Gasteiger partial charge in [-0.05, 0) is 19.1 Å². The zero-order chi connectivity index (χ0) is 13.0. The molecule has 17 heavy (non-hydrogen) atoms. The van der Waals surface area contributed by atoms with Gasteiger partial charge in [0.1, 0.15) is 0 Å². The summed E-state index contributed by atoms with van der Waals surface area (Å²) in [5.74, 6) is -0.580. The van der Waals surface area contributed by atoms with E-state index in [2.05, 4.69) is 20.7 Å². The van der Waals surface area contributed by atoms with Gasteiger partial charge in [0, 0.05) is 7.05 Å². The molecule has 92 valence electrons. The van der Waals surface area contributed by atoms with Crippen LogP contribution >= 0.6 is 15.9 Å². The van der Waals surface area contributed by atoms with Crippen LogP contribution in [0, 0.1) is 0 Å². The number of rotatable bonds is 3. The van der Waals surface area contributed by atoms with Crippen LogP contribution in [0.1, 0.15) is 17.3 Å². The van der Waals surface area contributed by atoms with E-state index in [1.165, 1.54) is 12.0 Å². The van der Waals surface area contributed by atoms with E-state index < -0.39 is 5.97 Å². The minimum absolute atomic E-state index is 0.124. The molecule has 0 aliphatic rings. The highest BCUT2D eigenvalue weighted by molar-refractivity contribution is 9.10. The maximum Gasteiger partial charge on any atom is 0.339 e. The van der Waals surface area contributed by atoms with Gasteiger partial charge in [0.05, 0.1) is 23.2 Å². The molecule has 0 bridgehead atoms. The molecule has 0 radical (unpaired) electrons. The molecule has 1 unspecified atom stereocenters. The number of alkyl halides is 1. The van der Waals surface area contributed by atoms with Crippen LogP contribution < -0.4 is 4.90 Å². The van der Waals surface area contributed by atoms with Crippen LogP contribution in [-0.2, 0) is 9.53 Å². The molecule has 0 saturated heterocycles. The van der Waals surface area contributed by atoms with E-state index in [4.69, 9.17) is 0 Å². The molecule has 0 aliphatic heterocycles. The van der Waals surface area contributed by atoms with Gasteiger partial charge in [-0.3, -0.25) is 4.79 Å². The van der Waals surface area contributed by atoms with Crippen LogP contribution in [0.4, 0.5) is 5.69 Å². The van der Waals surface area contributed by atoms with Crippen molar-refractivity contribution >= 4 is 33.5 Å². The third-order valence-electron chi connectivity index (χ3n) is 2.34. The van der Waals surface area contributed by atoms with E-state index in [-0.39, 0.29) is 10.7 Å². The fraction of sp³-hybridized carbons (Fsp3) is 0.333. The third-order valence-corrected chi connectivity index (χ3v) is 2.73. The molecule has 0 saturated carbocycles. The largest absolute Gasteiger partial charge is 0.465 e. The number of halogens is 1. The monoisotopic (exact) mass is 299 g/mol. The predicted octanol–water partition coefficient (Wildman–Crippen LogP) is 2.22. The smallest absolute Gasteiger partial charge is 0.339 e. The number of ether oxygens (including phenoxy) is 1. The summed E-state index contributed by atoms with van der Waals surface area (Å²) in [7, 11) is 2.94. The van der Waals surface area contributed by atoms with Gasteiger partial charge in [0.25, 0.3) is 0 Å². The summed E-state index contributed by atoms with van der Waals surface area (Å²) in [4.78, 5) is 24.5. The van der Waals surface area contributed by atoms with Crippen molar-refractivity contribution in [2.75, 3.05) is 19.1 Å². The van der Waals surface area contributed by atoms with E-state index >= 15 is 0 Å². The highest BCUT2D eigenvalue weighted by Crippen LogP contribution is 2.21. The first-order chi connectivity index (χ1) is 7.99. The molecule has 0 N–H and O–H groups in total. The molecule has 1 aromatic carbocycles. The molecule has 0 heterocycles. The van der Waals surface area contributed by atoms with Gasteiger partial charge in [0.15, 0.2) is 0 Å². The minimum Gasteiger partial charge on any atom is -0.465 e. The average Bonchev–Trinajstić information content (AvgIpc) is 2.35. The topological polar surface area (TPSA) is 46.6 Å². The summed E-state index contributed by atoms with van der Waals surface area (Å²) < 4.78 is 4.68. The second-order valence-electron chi connectivity index (χ2n) is 3.52. The first-order valence-electron chi connectivity index (χ1n) is 5.08. The fourth-order valence-corrected chi connectivity index (χ4v) is 1.74. The van der Waals surface area contributed by atoms with Crippen LogP contribution in [0.25, 0.3) is 0 Å². The molecule has 1 atom stereocenters. The summed E-state index contributed by atoms with van der Waals surface area (Å²) in [6.07, 6.45) is 0. The number of anilines is 1. The second-order valence-corrected chi connectivity index (χ2v) is 4.90. The van der Waals surface area contributed by atoms with E-state index in [0.717, 1.165) is 0 Å². The first-order valence-corrected chi connectivity index (χ1v) is 5.99. The lowest BCUT2D eigenvalue weighted by Gasteiger charge is -2.20. The Kier molecular flexibility index (Phi) is 4.69. The Morgan fingerprint density at radius 1 is 1.35 bits per heavy atom. The SMILES string of the molecule is COC(=O)c1ccccc1N(C)C(=O)C(C)Br. The van der Waals surface area contributed by atoms with E-state index in [0.29, 0.717) is 11.3 Å². The first kappa shape index (κ1) is 13.7. The standard InChI is InChI=1S/C12H14BrNO3/c1-8(13)11(15)14(2)10-7-5-4-6-9(10)12(16)17-3/h4-8H,1-3H3. The van der Waals surface area contributed by atoms with Crippen LogP contribution in [0.2, 0.25) is 0 Å². The molecule has 1 aromatic rings. The molecule has 0 aromatic heterocycles. The lowest BCUT2D eigenvalue weighted by atomic mass is 10.1. The highest BCUT2D eigenvalue weighted by atomic mass is 79.9. The molecule has 1 amide bonds. The number of nitrogens with zero attached hydrogens (tertiary/aromatic N) is 1. The third kappa shape index (κ3) is 3.06. The number of carbonyl (C=O) groups is 2. The Labute approximate surface area is 109 Å². The molecular weight excluding hydrogens is 286 g/mol. The van der Waals surface area contributed by atoms with E-state index in [1.54, 1.807) is 38.2 Å². The van der Waals surface area contributed by atoms with Gasteiger partial charge in [-0.2, -0.15) is 0 Å². The minimum atomic E-state index is -0.456. The lowest BCUT2D eigenvalue weighted by molar-refractivity contribution is -0.117. The Balaban J connectivity index is 3.13. The maximum atomic E-state index is 11.8. The summed E-state index contributed by atoms with van der Waals surface area (Å²) in [6.45, 7) is 1.74. The van der Waals surface area contributed by atoms with Crippen LogP contribution in [0.3, 0.4) is 0 Å². The summed E-state index contributed by atoms with van der Waals surface area (Å²) >= 11 is 3.21. The zero-order valence-electron chi connectivity index (χ0n) is 9.94. The van der Waals surface area contributed by atoms with Crippen molar-refractivity contribution < 1.29 is 14.3 Å². The van der Waals surface area contributed by atoms with Crippen LogP contribution in [0.15, 0.2) is 24.3 Å². The number of hydrogen-bond acceptors (Lipinski definition) is 3. The molecule has 4 nitrogen and oxygen atoms in total. The Hall–Kier alpha value is -1.36. The van der Waals surface area contributed by atoms with Crippen molar-refractivity contribution in [1.82, 2.24) is 0 Å². The number of methoxy groups -OCH3 is 1. The predicted molar refractivity (Wildman–Crippen MR) is 69.6 cm³/mol. The average molecular weight is 300 g/mol. The van der Waals surface area contributed by atoms with Crippen molar-refractivity contribution in [1.29, 1.82) is 0 Å². The molecule has 5 heteroatoms. The quantitative estimate of drug-likeness (QED) is 0.635. The van der Waals surface area contributed by atoms with E-state index in [9.17, 15) is 9.59 Å². The number of esters is 1.